The van der Waals surface area contributed by atoms with Crippen molar-refractivity contribution in [2.24, 2.45) is 11.8 Å². The van der Waals surface area contributed by atoms with Crippen LogP contribution in [0.2, 0.25) is 0 Å². The summed E-state index contributed by atoms with van der Waals surface area (Å²) in [6.07, 6.45) is 3.89. The molecule has 0 spiro atoms. The second-order valence-corrected chi connectivity index (χ2v) is 5.99. The van der Waals surface area contributed by atoms with E-state index in [4.69, 9.17) is 0 Å². The largest absolute Gasteiger partial charge is 0.354 e. The van der Waals surface area contributed by atoms with Crippen LogP contribution in [0.25, 0.3) is 0 Å². The molecule has 2 N–H and O–H groups in total. The summed E-state index contributed by atoms with van der Waals surface area (Å²) in [5, 5.41) is 6.46. The van der Waals surface area contributed by atoms with Crippen molar-refractivity contribution in [1.29, 1.82) is 0 Å². The Hall–Kier alpha value is -0.610. The number of amides is 1. The maximum absolute atomic E-state index is 12.1. The molecule has 1 aliphatic heterocycles. The van der Waals surface area contributed by atoms with Gasteiger partial charge in [-0.05, 0) is 31.6 Å². The Morgan fingerprint density at radius 1 is 1.39 bits per heavy atom. The monoisotopic (exact) mass is 253 g/mol. The summed E-state index contributed by atoms with van der Waals surface area (Å²) in [5.41, 5.74) is 0. The van der Waals surface area contributed by atoms with E-state index in [9.17, 15) is 4.79 Å². The highest BCUT2D eigenvalue weighted by Crippen LogP contribution is 2.29. The number of rotatable bonds is 4. The molecule has 2 aliphatic rings. The van der Waals surface area contributed by atoms with Crippen molar-refractivity contribution in [3.8, 4) is 0 Å². The molecule has 2 rings (SSSR count). The minimum absolute atomic E-state index is 0.0194. The summed E-state index contributed by atoms with van der Waals surface area (Å²) >= 11 is 0. The Bertz CT molecular complexity index is 276. The van der Waals surface area contributed by atoms with Gasteiger partial charge >= 0.3 is 0 Å². The summed E-state index contributed by atoms with van der Waals surface area (Å²) < 4.78 is 0. The highest BCUT2D eigenvalue weighted by molar-refractivity contribution is 5.81. The summed E-state index contributed by atoms with van der Waals surface area (Å²) in [6, 6.07) is 0.0194. The third-order valence-corrected chi connectivity index (χ3v) is 4.45. The van der Waals surface area contributed by atoms with E-state index in [1.54, 1.807) is 0 Å². The molecule has 1 saturated heterocycles. The zero-order chi connectivity index (χ0) is 13.0. The average Bonchev–Trinajstić information content (AvgIpc) is 2.82. The molecule has 0 bridgehead atoms. The van der Waals surface area contributed by atoms with Crippen LogP contribution in [0.15, 0.2) is 0 Å². The fourth-order valence-electron chi connectivity index (χ4n) is 3.14. The van der Waals surface area contributed by atoms with E-state index in [-0.39, 0.29) is 11.9 Å². The Balaban J connectivity index is 1.70. The second kappa shape index (κ2) is 6.53. The highest BCUT2D eigenvalue weighted by Gasteiger charge is 2.25. The number of piperazine rings is 1. The second-order valence-electron chi connectivity index (χ2n) is 5.99. The van der Waals surface area contributed by atoms with Gasteiger partial charge in [-0.2, -0.15) is 0 Å². The fraction of sp³-hybridized carbons (Fsp3) is 0.929. The SMILES string of the molecule is CC1CCC(CNC(=O)C(C)N2CCNCC2)C1. The summed E-state index contributed by atoms with van der Waals surface area (Å²) in [7, 11) is 0. The Labute approximate surface area is 110 Å². The molecule has 2 fully saturated rings. The number of hydrogen-bond donors (Lipinski definition) is 2. The van der Waals surface area contributed by atoms with Gasteiger partial charge < -0.3 is 10.6 Å². The topological polar surface area (TPSA) is 44.4 Å². The molecular weight excluding hydrogens is 226 g/mol. The molecule has 0 aromatic heterocycles. The predicted molar refractivity (Wildman–Crippen MR) is 73.4 cm³/mol. The summed E-state index contributed by atoms with van der Waals surface area (Å²) in [6.45, 7) is 9.17. The molecule has 104 valence electrons. The zero-order valence-corrected chi connectivity index (χ0v) is 11.7. The van der Waals surface area contributed by atoms with Crippen molar-refractivity contribution in [3.05, 3.63) is 0 Å². The van der Waals surface area contributed by atoms with Crippen LogP contribution in [0.4, 0.5) is 0 Å². The van der Waals surface area contributed by atoms with Crippen LogP contribution >= 0.6 is 0 Å². The van der Waals surface area contributed by atoms with Gasteiger partial charge in [-0.25, -0.2) is 0 Å². The van der Waals surface area contributed by atoms with E-state index in [1.165, 1.54) is 19.3 Å². The van der Waals surface area contributed by atoms with Gasteiger partial charge in [0.25, 0.3) is 0 Å². The first-order valence-electron chi connectivity index (χ1n) is 7.39. The lowest BCUT2D eigenvalue weighted by molar-refractivity contribution is -0.126. The minimum atomic E-state index is 0.0194. The predicted octanol–water partition coefficient (Wildman–Crippen LogP) is 0.833. The molecule has 3 unspecified atom stereocenters. The van der Waals surface area contributed by atoms with Crippen molar-refractivity contribution < 1.29 is 4.79 Å². The van der Waals surface area contributed by atoms with Crippen LogP contribution in [0.1, 0.15) is 33.1 Å². The van der Waals surface area contributed by atoms with Crippen molar-refractivity contribution >= 4 is 5.91 Å². The fourth-order valence-corrected chi connectivity index (χ4v) is 3.14. The number of nitrogens with one attached hydrogen (secondary N) is 2. The number of hydrogen-bond acceptors (Lipinski definition) is 3. The van der Waals surface area contributed by atoms with Crippen molar-refractivity contribution in [2.45, 2.75) is 39.2 Å². The van der Waals surface area contributed by atoms with E-state index < -0.39 is 0 Å². The van der Waals surface area contributed by atoms with Crippen LogP contribution < -0.4 is 10.6 Å². The van der Waals surface area contributed by atoms with Crippen LogP contribution in [0.5, 0.6) is 0 Å². The Kier molecular flexibility index (Phi) is 5.01. The van der Waals surface area contributed by atoms with Gasteiger partial charge in [-0.3, -0.25) is 9.69 Å². The molecule has 3 atom stereocenters. The first-order valence-corrected chi connectivity index (χ1v) is 7.39. The van der Waals surface area contributed by atoms with Crippen molar-refractivity contribution in [2.75, 3.05) is 32.7 Å². The summed E-state index contributed by atoms with van der Waals surface area (Å²) in [5.74, 6) is 1.76. The first kappa shape index (κ1) is 13.8. The number of carbonyl (C=O) groups excluding carboxylic acids is 1. The highest BCUT2D eigenvalue weighted by atomic mass is 16.2. The number of carbonyl (C=O) groups is 1. The standard InChI is InChI=1S/C14H27N3O/c1-11-3-4-13(9-11)10-16-14(18)12(2)17-7-5-15-6-8-17/h11-13,15H,3-10H2,1-2H3,(H,16,18). The van der Waals surface area contributed by atoms with Crippen molar-refractivity contribution in [3.63, 3.8) is 0 Å². The Morgan fingerprint density at radius 2 is 2.11 bits per heavy atom. The first-order chi connectivity index (χ1) is 8.66. The van der Waals surface area contributed by atoms with E-state index in [1.807, 2.05) is 6.92 Å². The van der Waals surface area contributed by atoms with Crippen LogP contribution in [-0.2, 0) is 4.79 Å². The van der Waals surface area contributed by atoms with Gasteiger partial charge in [-0.15, -0.1) is 0 Å². The van der Waals surface area contributed by atoms with E-state index >= 15 is 0 Å². The van der Waals surface area contributed by atoms with Gasteiger partial charge in [0.2, 0.25) is 5.91 Å². The molecule has 4 heteroatoms. The quantitative estimate of drug-likeness (QED) is 0.780. The summed E-state index contributed by atoms with van der Waals surface area (Å²) in [4.78, 5) is 14.4. The van der Waals surface area contributed by atoms with E-state index in [2.05, 4.69) is 22.5 Å². The molecule has 1 amide bonds. The molecule has 1 saturated carbocycles. The van der Waals surface area contributed by atoms with E-state index in [0.717, 1.165) is 38.6 Å². The molecule has 1 aliphatic carbocycles. The lowest BCUT2D eigenvalue weighted by Gasteiger charge is -2.32. The van der Waals surface area contributed by atoms with Crippen LogP contribution in [-0.4, -0.2) is 49.6 Å². The molecule has 1 heterocycles. The third-order valence-electron chi connectivity index (χ3n) is 4.45. The Morgan fingerprint density at radius 3 is 2.72 bits per heavy atom. The van der Waals surface area contributed by atoms with Gasteiger partial charge in [-0.1, -0.05) is 13.3 Å². The molecule has 0 aromatic rings. The van der Waals surface area contributed by atoms with E-state index in [0.29, 0.717) is 5.92 Å². The number of nitrogens with zero attached hydrogens (tertiary/aromatic N) is 1. The van der Waals surface area contributed by atoms with Gasteiger partial charge in [0.1, 0.15) is 0 Å². The average molecular weight is 253 g/mol. The van der Waals surface area contributed by atoms with Crippen LogP contribution in [0, 0.1) is 11.8 Å². The maximum Gasteiger partial charge on any atom is 0.237 e. The zero-order valence-electron chi connectivity index (χ0n) is 11.7. The molecular formula is C14H27N3O. The normalized spacial score (nSPS) is 31.2. The van der Waals surface area contributed by atoms with Crippen LogP contribution in [0.3, 0.4) is 0 Å². The van der Waals surface area contributed by atoms with Gasteiger partial charge in [0.15, 0.2) is 0 Å². The lowest BCUT2D eigenvalue weighted by atomic mass is 10.1. The third kappa shape index (κ3) is 3.69. The maximum atomic E-state index is 12.1. The molecule has 18 heavy (non-hydrogen) atoms. The smallest absolute Gasteiger partial charge is 0.237 e. The molecule has 0 radical (unpaired) electrons. The van der Waals surface area contributed by atoms with Crippen molar-refractivity contribution in [1.82, 2.24) is 15.5 Å². The van der Waals surface area contributed by atoms with Gasteiger partial charge in [0.05, 0.1) is 6.04 Å². The van der Waals surface area contributed by atoms with Gasteiger partial charge in [0, 0.05) is 32.7 Å². The lowest BCUT2D eigenvalue weighted by Crippen LogP contribution is -2.53. The minimum Gasteiger partial charge on any atom is -0.354 e. The molecule has 0 aromatic carbocycles. The molecule has 4 nitrogen and oxygen atoms in total.